The van der Waals surface area contributed by atoms with Crippen LogP contribution in [0.3, 0.4) is 0 Å². The summed E-state index contributed by atoms with van der Waals surface area (Å²) in [5, 5.41) is 21.0. The van der Waals surface area contributed by atoms with Gasteiger partial charge >= 0.3 is 5.97 Å². The van der Waals surface area contributed by atoms with Gasteiger partial charge in [0.05, 0.1) is 17.2 Å². The number of benzene rings is 1. The zero-order valence-electron chi connectivity index (χ0n) is 10.6. The molecule has 6 heteroatoms. The Bertz CT molecular complexity index is 595. The normalized spacial score (nSPS) is 21.2. The van der Waals surface area contributed by atoms with Crippen molar-refractivity contribution in [3.05, 3.63) is 28.8 Å². The summed E-state index contributed by atoms with van der Waals surface area (Å²) in [4.78, 5) is 23.0. The molecule has 2 unspecified atom stereocenters. The monoisotopic (exact) mass is 292 g/mol. The first-order chi connectivity index (χ1) is 9.51. The molecule has 1 aliphatic rings. The third-order valence-corrected chi connectivity index (χ3v) is 3.75. The first kappa shape index (κ1) is 14.4. The second-order valence-corrected chi connectivity index (χ2v) is 5.27. The summed E-state index contributed by atoms with van der Waals surface area (Å²) in [5.74, 6) is -1.91. The molecule has 2 atom stereocenters. The zero-order valence-corrected chi connectivity index (χ0v) is 11.4. The van der Waals surface area contributed by atoms with E-state index in [9.17, 15) is 9.59 Å². The fourth-order valence-electron chi connectivity index (χ4n) is 2.40. The first-order valence-corrected chi connectivity index (χ1v) is 6.62. The van der Waals surface area contributed by atoms with Crippen LogP contribution >= 0.6 is 11.6 Å². The van der Waals surface area contributed by atoms with Gasteiger partial charge in [0.15, 0.2) is 0 Å². The Labute approximate surface area is 121 Å². The van der Waals surface area contributed by atoms with Gasteiger partial charge in [-0.3, -0.25) is 9.59 Å². The third kappa shape index (κ3) is 3.09. The zero-order chi connectivity index (χ0) is 14.7. The lowest BCUT2D eigenvalue weighted by molar-refractivity contribution is -0.141. The number of rotatable bonds is 3. The highest BCUT2D eigenvalue weighted by molar-refractivity contribution is 6.31. The number of anilines is 1. The van der Waals surface area contributed by atoms with Crippen LogP contribution in [0.4, 0.5) is 5.69 Å². The Kier molecular flexibility index (Phi) is 4.26. The Morgan fingerprint density at radius 3 is 2.65 bits per heavy atom. The molecule has 20 heavy (non-hydrogen) atoms. The number of carbonyl (C=O) groups is 2. The number of aliphatic carboxylic acids is 1. The van der Waals surface area contributed by atoms with Crippen molar-refractivity contribution in [2.24, 2.45) is 11.8 Å². The highest BCUT2D eigenvalue weighted by Gasteiger charge is 2.33. The number of nitriles is 1. The fraction of sp³-hybridized carbons (Fsp3) is 0.357. The molecule has 0 heterocycles. The van der Waals surface area contributed by atoms with E-state index >= 15 is 0 Å². The van der Waals surface area contributed by atoms with Crippen molar-refractivity contribution in [1.29, 1.82) is 5.26 Å². The molecular formula is C14H13ClN2O3. The third-order valence-electron chi connectivity index (χ3n) is 3.51. The molecule has 0 bridgehead atoms. The summed E-state index contributed by atoms with van der Waals surface area (Å²) >= 11 is 5.84. The summed E-state index contributed by atoms with van der Waals surface area (Å²) in [6.07, 6.45) is 1.39. The Morgan fingerprint density at radius 2 is 2.05 bits per heavy atom. The minimum absolute atomic E-state index is 0.257. The smallest absolute Gasteiger partial charge is 0.306 e. The largest absolute Gasteiger partial charge is 0.481 e. The van der Waals surface area contributed by atoms with Gasteiger partial charge in [-0.1, -0.05) is 11.6 Å². The molecule has 0 aromatic heterocycles. The lowest BCUT2D eigenvalue weighted by atomic mass is 10.0. The molecule has 1 fully saturated rings. The van der Waals surface area contributed by atoms with Crippen molar-refractivity contribution < 1.29 is 14.7 Å². The van der Waals surface area contributed by atoms with E-state index in [0.29, 0.717) is 35.5 Å². The number of amides is 1. The van der Waals surface area contributed by atoms with Crippen LogP contribution in [0.15, 0.2) is 18.2 Å². The second-order valence-electron chi connectivity index (χ2n) is 4.84. The van der Waals surface area contributed by atoms with E-state index in [2.05, 4.69) is 5.32 Å². The van der Waals surface area contributed by atoms with Gasteiger partial charge in [-0.2, -0.15) is 5.26 Å². The molecule has 5 nitrogen and oxygen atoms in total. The molecule has 1 saturated carbocycles. The minimum Gasteiger partial charge on any atom is -0.481 e. The Hall–Kier alpha value is -2.06. The minimum atomic E-state index is -0.860. The van der Waals surface area contributed by atoms with Crippen LogP contribution < -0.4 is 5.32 Å². The topological polar surface area (TPSA) is 90.2 Å². The average Bonchev–Trinajstić information content (AvgIpc) is 2.89. The first-order valence-electron chi connectivity index (χ1n) is 6.24. The van der Waals surface area contributed by atoms with Crippen molar-refractivity contribution in [3.8, 4) is 6.07 Å². The molecular weight excluding hydrogens is 280 g/mol. The number of hydrogen-bond acceptors (Lipinski definition) is 3. The molecule has 1 aliphatic carbocycles. The maximum absolute atomic E-state index is 12.1. The van der Waals surface area contributed by atoms with Crippen LogP contribution in [0.2, 0.25) is 5.02 Å². The van der Waals surface area contributed by atoms with Crippen molar-refractivity contribution in [1.82, 2.24) is 0 Å². The number of halogens is 1. The fourth-order valence-corrected chi connectivity index (χ4v) is 2.57. The molecule has 2 N–H and O–H groups in total. The summed E-state index contributed by atoms with van der Waals surface area (Å²) in [6.45, 7) is 0. The summed E-state index contributed by atoms with van der Waals surface area (Å²) in [7, 11) is 0. The SMILES string of the molecule is N#Cc1ccc(Cl)cc1NC(=O)C1CCC(C(=O)O)C1. The summed E-state index contributed by atoms with van der Waals surface area (Å²) in [5.41, 5.74) is 0.694. The molecule has 104 valence electrons. The van der Waals surface area contributed by atoms with Gasteiger partial charge in [-0.05, 0) is 37.5 Å². The predicted octanol–water partition coefficient (Wildman–Crippen LogP) is 2.65. The van der Waals surface area contributed by atoms with Gasteiger partial charge < -0.3 is 10.4 Å². The number of carboxylic acids is 1. The quantitative estimate of drug-likeness (QED) is 0.896. The van der Waals surface area contributed by atoms with Crippen LogP contribution in [0.5, 0.6) is 0 Å². The number of nitrogens with one attached hydrogen (secondary N) is 1. The highest BCUT2D eigenvalue weighted by Crippen LogP contribution is 2.32. The lowest BCUT2D eigenvalue weighted by Crippen LogP contribution is -2.22. The van der Waals surface area contributed by atoms with Crippen LogP contribution in [-0.4, -0.2) is 17.0 Å². The standard InChI is InChI=1S/C14H13ClN2O3/c15-11-4-3-10(7-16)12(6-11)17-13(18)8-1-2-9(5-8)14(19)20/h3-4,6,8-9H,1-2,5H2,(H,17,18)(H,19,20). The van der Waals surface area contributed by atoms with Crippen molar-refractivity contribution in [3.63, 3.8) is 0 Å². The van der Waals surface area contributed by atoms with E-state index in [1.807, 2.05) is 6.07 Å². The van der Waals surface area contributed by atoms with Gasteiger partial charge in [0.25, 0.3) is 0 Å². The Balaban J connectivity index is 2.08. The van der Waals surface area contributed by atoms with Gasteiger partial charge in [-0.25, -0.2) is 0 Å². The van der Waals surface area contributed by atoms with Crippen LogP contribution in [0, 0.1) is 23.2 Å². The van der Waals surface area contributed by atoms with Gasteiger partial charge in [0.1, 0.15) is 6.07 Å². The van der Waals surface area contributed by atoms with Gasteiger partial charge in [0, 0.05) is 10.9 Å². The lowest BCUT2D eigenvalue weighted by Gasteiger charge is -2.12. The maximum Gasteiger partial charge on any atom is 0.306 e. The van der Waals surface area contributed by atoms with Crippen molar-refractivity contribution in [2.45, 2.75) is 19.3 Å². The molecule has 0 radical (unpaired) electrons. The molecule has 0 aliphatic heterocycles. The van der Waals surface area contributed by atoms with E-state index < -0.39 is 11.9 Å². The van der Waals surface area contributed by atoms with Crippen LogP contribution in [-0.2, 0) is 9.59 Å². The van der Waals surface area contributed by atoms with Gasteiger partial charge in [0.2, 0.25) is 5.91 Å². The maximum atomic E-state index is 12.1. The summed E-state index contributed by atoms with van der Waals surface area (Å²) < 4.78 is 0. The van der Waals surface area contributed by atoms with Crippen LogP contribution in [0.25, 0.3) is 0 Å². The van der Waals surface area contributed by atoms with E-state index in [-0.39, 0.29) is 11.8 Å². The van der Waals surface area contributed by atoms with Gasteiger partial charge in [-0.15, -0.1) is 0 Å². The summed E-state index contributed by atoms with van der Waals surface area (Å²) in [6, 6.07) is 6.60. The molecule has 0 saturated heterocycles. The van der Waals surface area contributed by atoms with E-state index in [1.165, 1.54) is 12.1 Å². The Morgan fingerprint density at radius 1 is 1.35 bits per heavy atom. The van der Waals surface area contributed by atoms with Crippen molar-refractivity contribution >= 4 is 29.2 Å². The predicted molar refractivity (Wildman–Crippen MR) is 73.3 cm³/mol. The number of nitrogens with zero attached hydrogens (tertiary/aromatic N) is 1. The molecule has 0 spiro atoms. The number of carboxylic acid groups (broad SMARTS) is 1. The van der Waals surface area contributed by atoms with Crippen molar-refractivity contribution in [2.75, 3.05) is 5.32 Å². The average molecular weight is 293 g/mol. The number of hydrogen-bond donors (Lipinski definition) is 2. The van der Waals surface area contributed by atoms with E-state index in [0.717, 1.165) is 0 Å². The molecule has 2 rings (SSSR count). The molecule has 1 aromatic carbocycles. The molecule has 1 aromatic rings. The highest BCUT2D eigenvalue weighted by atomic mass is 35.5. The van der Waals surface area contributed by atoms with E-state index in [4.69, 9.17) is 22.0 Å². The second kappa shape index (κ2) is 5.93. The molecule has 1 amide bonds. The van der Waals surface area contributed by atoms with E-state index in [1.54, 1.807) is 6.07 Å². The number of carbonyl (C=O) groups excluding carboxylic acids is 1. The van der Waals surface area contributed by atoms with Crippen LogP contribution in [0.1, 0.15) is 24.8 Å².